The van der Waals surface area contributed by atoms with Crippen molar-refractivity contribution in [2.75, 3.05) is 26.2 Å². The van der Waals surface area contributed by atoms with Gasteiger partial charge in [0.2, 0.25) is 11.8 Å². The Labute approximate surface area is 152 Å². The van der Waals surface area contributed by atoms with Gasteiger partial charge in [0, 0.05) is 47.6 Å². The van der Waals surface area contributed by atoms with Crippen molar-refractivity contribution in [3.8, 4) is 5.88 Å². The Bertz CT molecular complexity index is 748. The zero-order valence-corrected chi connectivity index (χ0v) is 15.2. The lowest BCUT2D eigenvalue weighted by Gasteiger charge is -2.28. The molecule has 2 atom stereocenters. The van der Waals surface area contributed by atoms with E-state index in [-0.39, 0.29) is 17.2 Å². The second-order valence-electron chi connectivity index (χ2n) is 7.02. The third-order valence-electron chi connectivity index (χ3n) is 5.37. The number of hydrogen-bond acceptors (Lipinski definition) is 5. The Morgan fingerprint density at radius 2 is 2.32 bits per heavy atom. The van der Waals surface area contributed by atoms with E-state index in [9.17, 15) is 4.79 Å². The summed E-state index contributed by atoms with van der Waals surface area (Å²) < 4.78 is 5.86. The number of ether oxygens (including phenoxy) is 1. The maximum absolute atomic E-state index is 12.6. The van der Waals surface area contributed by atoms with Crippen LogP contribution in [0, 0.1) is 18.3 Å². The number of carbonyl (C=O) groups is 1. The number of pyridine rings is 1. The first-order valence-corrected chi connectivity index (χ1v) is 9.57. The molecule has 1 amide bonds. The van der Waals surface area contributed by atoms with Gasteiger partial charge in [-0.3, -0.25) is 9.69 Å². The van der Waals surface area contributed by atoms with E-state index in [1.54, 1.807) is 6.20 Å². The third-order valence-corrected chi connectivity index (χ3v) is 6.35. The molecule has 5 nitrogen and oxygen atoms in total. The largest absolute Gasteiger partial charge is 0.477 e. The molecule has 2 saturated heterocycles. The quantitative estimate of drug-likeness (QED) is 0.893. The van der Waals surface area contributed by atoms with Gasteiger partial charge in [-0.25, -0.2) is 4.98 Å². The van der Waals surface area contributed by atoms with Gasteiger partial charge in [-0.1, -0.05) is 6.07 Å². The van der Waals surface area contributed by atoms with Gasteiger partial charge in [-0.15, -0.1) is 11.3 Å². The second kappa shape index (κ2) is 6.77. The van der Waals surface area contributed by atoms with Crippen LogP contribution in [-0.2, 0) is 11.3 Å². The van der Waals surface area contributed by atoms with Crippen LogP contribution in [0.2, 0.25) is 0 Å². The molecule has 0 unspecified atom stereocenters. The van der Waals surface area contributed by atoms with E-state index < -0.39 is 0 Å². The van der Waals surface area contributed by atoms with E-state index in [4.69, 9.17) is 4.74 Å². The number of aryl methyl sites for hydroxylation is 1. The van der Waals surface area contributed by atoms with Gasteiger partial charge in [0.05, 0.1) is 12.0 Å². The monoisotopic (exact) mass is 357 g/mol. The zero-order chi connectivity index (χ0) is 17.3. The van der Waals surface area contributed by atoms with Crippen LogP contribution in [0.5, 0.6) is 5.88 Å². The number of hydrogen-bond donors (Lipinski definition) is 1. The molecular weight excluding hydrogens is 334 g/mol. The summed E-state index contributed by atoms with van der Waals surface area (Å²) in [5, 5.41) is 3.06. The van der Waals surface area contributed by atoms with Crippen LogP contribution in [0.3, 0.4) is 0 Å². The number of aromatic nitrogens is 1. The minimum Gasteiger partial charge on any atom is -0.477 e. The SMILES string of the molecule is Cc1ccc(CN2CC[C@]3(C2)C(=O)NC[C@H]3COc2ccccn2)s1. The summed E-state index contributed by atoms with van der Waals surface area (Å²) in [6.45, 7) is 6.06. The Balaban J connectivity index is 1.42. The van der Waals surface area contributed by atoms with Crippen LogP contribution >= 0.6 is 11.3 Å². The predicted octanol–water partition coefficient (Wildman–Crippen LogP) is 2.47. The third kappa shape index (κ3) is 3.28. The summed E-state index contributed by atoms with van der Waals surface area (Å²) in [5.41, 5.74) is -0.318. The highest BCUT2D eigenvalue weighted by Crippen LogP contribution is 2.42. The van der Waals surface area contributed by atoms with E-state index >= 15 is 0 Å². The average molecular weight is 357 g/mol. The number of likely N-dealkylation sites (tertiary alicyclic amines) is 1. The molecule has 2 aromatic heterocycles. The summed E-state index contributed by atoms with van der Waals surface area (Å²) in [6.07, 6.45) is 2.63. The minimum atomic E-state index is -0.318. The molecule has 4 rings (SSSR count). The first kappa shape index (κ1) is 16.5. The smallest absolute Gasteiger partial charge is 0.228 e. The van der Waals surface area contributed by atoms with E-state index in [0.29, 0.717) is 19.0 Å². The minimum absolute atomic E-state index is 0.187. The molecular formula is C19H23N3O2S. The van der Waals surface area contributed by atoms with Crippen LogP contribution in [0.4, 0.5) is 0 Å². The zero-order valence-electron chi connectivity index (χ0n) is 14.4. The first-order valence-electron chi connectivity index (χ1n) is 8.75. The molecule has 6 heteroatoms. The van der Waals surface area contributed by atoms with Crippen molar-refractivity contribution in [1.29, 1.82) is 0 Å². The molecule has 0 bridgehead atoms. The molecule has 25 heavy (non-hydrogen) atoms. The van der Waals surface area contributed by atoms with Crippen molar-refractivity contribution in [3.63, 3.8) is 0 Å². The highest BCUT2D eigenvalue weighted by atomic mass is 32.1. The van der Waals surface area contributed by atoms with Crippen LogP contribution in [0.1, 0.15) is 16.2 Å². The lowest BCUT2D eigenvalue weighted by Crippen LogP contribution is -2.40. The molecule has 0 radical (unpaired) electrons. The lowest BCUT2D eigenvalue weighted by molar-refractivity contribution is -0.128. The van der Waals surface area contributed by atoms with Crippen LogP contribution in [0.25, 0.3) is 0 Å². The highest BCUT2D eigenvalue weighted by molar-refractivity contribution is 7.11. The van der Waals surface area contributed by atoms with Gasteiger partial charge in [0.25, 0.3) is 0 Å². The number of rotatable bonds is 5. The number of carbonyl (C=O) groups excluding carboxylic acids is 1. The summed E-state index contributed by atoms with van der Waals surface area (Å²) in [4.78, 5) is 21.9. The molecule has 2 aliphatic heterocycles. The molecule has 0 aromatic carbocycles. The Morgan fingerprint density at radius 1 is 1.40 bits per heavy atom. The molecule has 132 valence electrons. The molecule has 2 fully saturated rings. The van der Waals surface area contributed by atoms with Crippen molar-refractivity contribution in [2.24, 2.45) is 11.3 Å². The van der Waals surface area contributed by atoms with Crippen LogP contribution in [-0.4, -0.2) is 42.0 Å². The molecule has 0 saturated carbocycles. The number of nitrogens with zero attached hydrogens (tertiary/aromatic N) is 2. The van der Waals surface area contributed by atoms with E-state index in [1.807, 2.05) is 29.5 Å². The average Bonchev–Trinajstić information content (AvgIpc) is 3.30. The highest BCUT2D eigenvalue weighted by Gasteiger charge is 2.54. The van der Waals surface area contributed by atoms with Crippen molar-refractivity contribution in [1.82, 2.24) is 15.2 Å². The lowest BCUT2D eigenvalue weighted by atomic mass is 9.77. The summed E-state index contributed by atoms with van der Waals surface area (Å²) in [6, 6.07) is 10.0. The van der Waals surface area contributed by atoms with Gasteiger partial charge in [0.15, 0.2) is 0 Å². The molecule has 2 aromatic rings. The fourth-order valence-electron chi connectivity index (χ4n) is 3.97. The van der Waals surface area contributed by atoms with E-state index in [2.05, 4.69) is 34.3 Å². The number of amides is 1. The predicted molar refractivity (Wildman–Crippen MR) is 97.6 cm³/mol. The van der Waals surface area contributed by atoms with Crippen LogP contribution < -0.4 is 10.1 Å². The fraction of sp³-hybridized carbons (Fsp3) is 0.474. The van der Waals surface area contributed by atoms with E-state index in [1.165, 1.54) is 9.75 Å². The molecule has 1 N–H and O–H groups in total. The van der Waals surface area contributed by atoms with Gasteiger partial charge >= 0.3 is 0 Å². The Kier molecular flexibility index (Phi) is 4.48. The molecule has 1 spiro atoms. The normalized spacial score (nSPS) is 26.3. The maximum atomic E-state index is 12.6. The summed E-state index contributed by atoms with van der Waals surface area (Å²) in [5.74, 6) is 1.00. The van der Waals surface area contributed by atoms with Crippen molar-refractivity contribution >= 4 is 17.2 Å². The van der Waals surface area contributed by atoms with Gasteiger partial charge in [-0.2, -0.15) is 0 Å². The first-order chi connectivity index (χ1) is 12.2. The standard InChI is InChI=1S/C19H23N3O2S/c1-14-5-6-16(25-14)11-22-9-7-19(13-22)15(10-21-18(19)23)12-24-17-4-2-3-8-20-17/h2-6,8,15H,7,9-13H2,1H3,(H,21,23)/t15-,19+/m0/s1. The maximum Gasteiger partial charge on any atom is 0.228 e. The molecule has 4 heterocycles. The van der Waals surface area contributed by atoms with Crippen molar-refractivity contribution in [3.05, 3.63) is 46.3 Å². The Morgan fingerprint density at radius 3 is 3.08 bits per heavy atom. The Hall–Kier alpha value is -1.92. The van der Waals surface area contributed by atoms with Crippen LogP contribution in [0.15, 0.2) is 36.5 Å². The number of thiophene rings is 1. The van der Waals surface area contributed by atoms with Gasteiger partial charge < -0.3 is 10.1 Å². The van der Waals surface area contributed by atoms with Crippen molar-refractivity contribution < 1.29 is 9.53 Å². The van der Waals surface area contributed by atoms with Gasteiger partial charge in [-0.05, 0) is 38.1 Å². The summed E-state index contributed by atoms with van der Waals surface area (Å²) >= 11 is 1.84. The summed E-state index contributed by atoms with van der Waals surface area (Å²) in [7, 11) is 0. The van der Waals surface area contributed by atoms with Gasteiger partial charge in [0.1, 0.15) is 0 Å². The van der Waals surface area contributed by atoms with Crippen molar-refractivity contribution in [2.45, 2.75) is 19.9 Å². The fourth-order valence-corrected chi connectivity index (χ4v) is 4.90. The molecule has 2 aliphatic rings. The topological polar surface area (TPSA) is 54.5 Å². The molecule has 0 aliphatic carbocycles. The van der Waals surface area contributed by atoms with E-state index in [0.717, 1.165) is 26.1 Å². The second-order valence-corrected chi connectivity index (χ2v) is 8.39. The number of nitrogens with one attached hydrogen (secondary N) is 1.